The van der Waals surface area contributed by atoms with Crippen LogP contribution in [0.25, 0.3) is 0 Å². The highest BCUT2D eigenvalue weighted by atomic mass is 16.5. The maximum absolute atomic E-state index is 12.9. The summed E-state index contributed by atoms with van der Waals surface area (Å²) in [5, 5.41) is 0. The Kier molecular flexibility index (Phi) is 6.53. The Balaban J connectivity index is 1.56. The lowest BCUT2D eigenvalue weighted by atomic mass is 9.69. The third-order valence-corrected chi connectivity index (χ3v) is 5.58. The van der Waals surface area contributed by atoms with E-state index >= 15 is 0 Å². The largest absolute Gasteiger partial charge is 0.452 e. The lowest BCUT2D eigenvalue weighted by Gasteiger charge is -2.35. The molecule has 1 saturated heterocycles. The van der Waals surface area contributed by atoms with E-state index < -0.39 is 5.41 Å². The number of carbonyl (C=O) groups is 1. The average Bonchev–Trinajstić information content (AvgIpc) is 2.69. The fourth-order valence-electron chi connectivity index (χ4n) is 4.10. The van der Waals surface area contributed by atoms with E-state index in [2.05, 4.69) is 28.9 Å². The molecule has 0 atom stereocenters. The normalized spacial score (nSPS) is 20.3. The standard InChI is InChI=1S/C22H29NO2/c24-21(25-19-11-10-18-23-16-8-3-9-17-23)22(14-6-2-7-15-22)20-12-4-1-5-13-20/h1,4-5,12-13H,2-3,6-9,14-19H2. The van der Waals surface area contributed by atoms with Gasteiger partial charge in [0.15, 0.2) is 6.61 Å². The first kappa shape index (κ1) is 18.0. The summed E-state index contributed by atoms with van der Waals surface area (Å²) in [4.78, 5) is 15.3. The Morgan fingerprint density at radius 3 is 2.36 bits per heavy atom. The smallest absolute Gasteiger partial charge is 0.317 e. The molecule has 0 bridgehead atoms. The summed E-state index contributed by atoms with van der Waals surface area (Å²) < 4.78 is 5.60. The van der Waals surface area contributed by atoms with Crippen LogP contribution >= 0.6 is 0 Å². The lowest BCUT2D eigenvalue weighted by Crippen LogP contribution is -2.39. The summed E-state index contributed by atoms with van der Waals surface area (Å²) in [6.45, 7) is 3.29. The first-order valence-electron chi connectivity index (χ1n) is 9.72. The molecule has 1 aromatic rings. The molecule has 0 spiro atoms. The van der Waals surface area contributed by atoms with Crippen LogP contribution in [0.3, 0.4) is 0 Å². The molecule has 3 heteroatoms. The van der Waals surface area contributed by atoms with E-state index in [1.54, 1.807) is 0 Å². The first-order chi connectivity index (χ1) is 12.3. The zero-order valence-electron chi connectivity index (χ0n) is 15.1. The maximum atomic E-state index is 12.9. The molecule has 1 aromatic carbocycles. The molecule has 2 fully saturated rings. The Morgan fingerprint density at radius 1 is 0.960 bits per heavy atom. The van der Waals surface area contributed by atoms with Crippen LogP contribution in [0.1, 0.15) is 56.9 Å². The maximum Gasteiger partial charge on any atom is 0.317 e. The second-order valence-electron chi connectivity index (χ2n) is 7.28. The SMILES string of the molecule is O=C(OCC#CCN1CCCCC1)C1(c2ccccc2)CCCCC1. The van der Waals surface area contributed by atoms with E-state index in [-0.39, 0.29) is 12.6 Å². The molecule has 0 amide bonds. The van der Waals surface area contributed by atoms with E-state index in [0.29, 0.717) is 0 Å². The number of piperidine rings is 1. The van der Waals surface area contributed by atoms with Gasteiger partial charge in [-0.3, -0.25) is 9.69 Å². The van der Waals surface area contributed by atoms with E-state index in [1.807, 2.05) is 18.2 Å². The number of hydrogen-bond donors (Lipinski definition) is 0. The first-order valence-corrected chi connectivity index (χ1v) is 9.72. The van der Waals surface area contributed by atoms with Gasteiger partial charge >= 0.3 is 5.97 Å². The zero-order chi connectivity index (χ0) is 17.4. The predicted molar refractivity (Wildman–Crippen MR) is 100 cm³/mol. The van der Waals surface area contributed by atoms with Crippen molar-refractivity contribution in [2.24, 2.45) is 0 Å². The van der Waals surface area contributed by atoms with E-state index in [9.17, 15) is 4.79 Å². The Morgan fingerprint density at radius 2 is 1.64 bits per heavy atom. The molecular formula is C22H29NO2. The fourth-order valence-corrected chi connectivity index (χ4v) is 4.10. The van der Waals surface area contributed by atoms with Crippen molar-refractivity contribution in [2.45, 2.75) is 56.8 Å². The number of hydrogen-bond acceptors (Lipinski definition) is 3. The lowest BCUT2D eigenvalue weighted by molar-refractivity contribution is -0.150. The summed E-state index contributed by atoms with van der Waals surface area (Å²) in [6, 6.07) is 10.1. The number of benzene rings is 1. The van der Waals surface area contributed by atoms with Gasteiger partial charge in [0.1, 0.15) is 0 Å². The third kappa shape index (κ3) is 4.64. The number of esters is 1. The molecule has 1 heterocycles. The molecule has 3 nitrogen and oxygen atoms in total. The fraction of sp³-hybridized carbons (Fsp3) is 0.591. The van der Waals surface area contributed by atoms with Gasteiger partial charge in [-0.15, -0.1) is 0 Å². The van der Waals surface area contributed by atoms with Crippen molar-refractivity contribution < 1.29 is 9.53 Å². The highest BCUT2D eigenvalue weighted by Gasteiger charge is 2.42. The molecule has 134 valence electrons. The van der Waals surface area contributed by atoms with Crippen molar-refractivity contribution in [1.82, 2.24) is 4.90 Å². The van der Waals surface area contributed by atoms with Crippen LogP contribution in [0.4, 0.5) is 0 Å². The Hall–Kier alpha value is -1.79. The van der Waals surface area contributed by atoms with Crippen molar-refractivity contribution >= 4 is 5.97 Å². The molecule has 0 aromatic heterocycles. The number of likely N-dealkylation sites (tertiary alicyclic amines) is 1. The second-order valence-corrected chi connectivity index (χ2v) is 7.28. The topological polar surface area (TPSA) is 29.5 Å². The summed E-state index contributed by atoms with van der Waals surface area (Å²) in [6.07, 6.45) is 9.04. The number of carbonyl (C=O) groups excluding carboxylic acids is 1. The van der Waals surface area contributed by atoms with Gasteiger partial charge in [-0.25, -0.2) is 0 Å². The molecular weight excluding hydrogens is 310 g/mol. The third-order valence-electron chi connectivity index (χ3n) is 5.58. The van der Waals surface area contributed by atoms with Crippen LogP contribution in [0, 0.1) is 11.8 Å². The quantitative estimate of drug-likeness (QED) is 0.615. The zero-order valence-corrected chi connectivity index (χ0v) is 15.1. The van der Waals surface area contributed by atoms with E-state index in [1.165, 1.54) is 25.7 Å². The van der Waals surface area contributed by atoms with Crippen LogP contribution in [-0.4, -0.2) is 37.1 Å². The van der Waals surface area contributed by atoms with Crippen molar-refractivity contribution in [2.75, 3.05) is 26.2 Å². The van der Waals surface area contributed by atoms with Gasteiger partial charge in [-0.05, 0) is 44.3 Å². The minimum absolute atomic E-state index is 0.0920. The summed E-state index contributed by atoms with van der Waals surface area (Å²) in [5.41, 5.74) is 0.634. The van der Waals surface area contributed by atoms with Gasteiger partial charge in [0.25, 0.3) is 0 Å². The van der Waals surface area contributed by atoms with Crippen LogP contribution in [0.2, 0.25) is 0 Å². The van der Waals surface area contributed by atoms with Crippen LogP contribution < -0.4 is 0 Å². The summed E-state index contributed by atoms with van der Waals surface area (Å²) >= 11 is 0. The van der Waals surface area contributed by atoms with E-state index in [4.69, 9.17) is 4.74 Å². The van der Waals surface area contributed by atoms with Gasteiger partial charge in [-0.2, -0.15) is 0 Å². The molecule has 0 radical (unpaired) electrons. The van der Waals surface area contributed by atoms with Crippen molar-refractivity contribution in [1.29, 1.82) is 0 Å². The van der Waals surface area contributed by atoms with Crippen LogP contribution in [0.15, 0.2) is 30.3 Å². The molecule has 3 rings (SSSR count). The van der Waals surface area contributed by atoms with Gasteiger partial charge < -0.3 is 4.74 Å². The van der Waals surface area contributed by atoms with Crippen molar-refractivity contribution in [3.8, 4) is 11.8 Å². The number of nitrogens with zero attached hydrogens (tertiary/aromatic N) is 1. The highest BCUT2D eigenvalue weighted by Crippen LogP contribution is 2.40. The molecule has 1 saturated carbocycles. The minimum atomic E-state index is -0.464. The van der Waals surface area contributed by atoms with Crippen molar-refractivity contribution in [3.05, 3.63) is 35.9 Å². The van der Waals surface area contributed by atoms with Gasteiger partial charge in [0.2, 0.25) is 0 Å². The predicted octanol–water partition coefficient (Wildman–Crippen LogP) is 3.92. The number of rotatable bonds is 4. The number of ether oxygens (including phenoxy) is 1. The van der Waals surface area contributed by atoms with E-state index in [0.717, 1.165) is 50.9 Å². The highest BCUT2D eigenvalue weighted by molar-refractivity contribution is 5.83. The molecule has 1 aliphatic heterocycles. The van der Waals surface area contributed by atoms with Crippen LogP contribution in [-0.2, 0) is 14.9 Å². The molecule has 0 unspecified atom stereocenters. The van der Waals surface area contributed by atoms with Gasteiger partial charge in [0.05, 0.1) is 12.0 Å². The molecule has 1 aliphatic carbocycles. The Bertz CT molecular complexity index is 602. The summed E-state index contributed by atoms with van der Waals surface area (Å²) in [5.74, 6) is 6.11. The monoisotopic (exact) mass is 339 g/mol. The second kappa shape index (κ2) is 9.06. The van der Waals surface area contributed by atoms with Crippen molar-refractivity contribution in [3.63, 3.8) is 0 Å². The van der Waals surface area contributed by atoms with Gasteiger partial charge in [0, 0.05) is 0 Å². The minimum Gasteiger partial charge on any atom is -0.452 e. The molecule has 0 N–H and O–H groups in total. The summed E-state index contributed by atoms with van der Waals surface area (Å²) in [7, 11) is 0. The Labute approximate surface area is 151 Å². The molecule has 2 aliphatic rings. The average molecular weight is 339 g/mol. The van der Waals surface area contributed by atoms with Gasteiger partial charge in [-0.1, -0.05) is 67.9 Å². The van der Waals surface area contributed by atoms with Crippen LogP contribution in [0.5, 0.6) is 0 Å². The molecule has 25 heavy (non-hydrogen) atoms.